The van der Waals surface area contributed by atoms with Crippen LogP contribution in [0.2, 0.25) is 0 Å². The normalized spacial score (nSPS) is 22.8. The lowest BCUT2D eigenvalue weighted by Gasteiger charge is -2.39. The Morgan fingerprint density at radius 2 is 1.42 bits per heavy atom. The molecule has 2 atom stereocenters. The zero-order chi connectivity index (χ0) is 16.8. The maximum absolute atomic E-state index is 11.2. The molecule has 0 heterocycles. The molecule has 2 saturated carbocycles. The van der Waals surface area contributed by atoms with Gasteiger partial charge in [0.25, 0.3) is 0 Å². The van der Waals surface area contributed by atoms with E-state index >= 15 is 0 Å². The average molecular weight is 332 g/mol. The van der Waals surface area contributed by atoms with Crippen molar-refractivity contribution in [2.24, 2.45) is 11.8 Å². The van der Waals surface area contributed by atoms with Crippen molar-refractivity contribution < 1.29 is 9.84 Å². The minimum atomic E-state index is -0.226. The Kier molecular flexibility index (Phi) is 6.42. The third-order valence-electron chi connectivity index (χ3n) is 6.08. The van der Waals surface area contributed by atoms with E-state index in [1.54, 1.807) is 7.11 Å². The number of hydrogen-bond donors (Lipinski definition) is 2. The zero-order valence-electron chi connectivity index (χ0n) is 15.0. The van der Waals surface area contributed by atoms with E-state index in [0.717, 1.165) is 11.4 Å². The number of ether oxygens (including phenoxy) is 1. The Labute approximate surface area is 146 Å². The predicted molar refractivity (Wildman–Crippen MR) is 99.6 cm³/mol. The number of benzene rings is 1. The zero-order valence-corrected chi connectivity index (χ0v) is 15.0. The van der Waals surface area contributed by atoms with Gasteiger partial charge in [-0.15, -0.1) is 0 Å². The van der Waals surface area contributed by atoms with Crippen LogP contribution in [0.1, 0.15) is 64.2 Å². The molecule has 2 unspecified atom stereocenters. The maximum atomic E-state index is 11.2. The van der Waals surface area contributed by atoms with Gasteiger partial charge in [0, 0.05) is 5.69 Å². The molecule has 0 spiro atoms. The molecule has 0 radical (unpaired) electrons. The fraction of sp³-hybridized carbons (Fsp3) is 0.714. The summed E-state index contributed by atoms with van der Waals surface area (Å²) in [4.78, 5) is 0. The van der Waals surface area contributed by atoms with E-state index in [1.165, 1.54) is 64.2 Å². The van der Waals surface area contributed by atoms with E-state index in [2.05, 4.69) is 17.4 Å². The highest BCUT2D eigenvalue weighted by Gasteiger charge is 2.34. The molecule has 2 aliphatic rings. The van der Waals surface area contributed by atoms with Crippen molar-refractivity contribution in [1.29, 1.82) is 0 Å². The van der Waals surface area contributed by atoms with Crippen LogP contribution >= 0.6 is 0 Å². The number of anilines is 1. The Morgan fingerprint density at radius 1 is 0.875 bits per heavy atom. The molecule has 134 valence electrons. The van der Waals surface area contributed by atoms with Crippen LogP contribution in [0.25, 0.3) is 0 Å². The molecule has 3 rings (SSSR count). The van der Waals surface area contributed by atoms with Gasteiger partial charge in [0.05, 0.1) is 19.3 Å². The third kappa shape index (κ3) is 4.44. The predicted octanol–water partition coefficient (Wildman–Crippen LogP) is 5.00. The SMILES string of the molecule is COc1ccc(NC(C2CCCCC2)C(O)C2CCCCC2)cc1. The molecule has 3 nitrogen and oxygen atoms in total. The lowest BCUT2D eigenvalue weighted by molar-refractivity contribution is 0.0440. The van der Waals surface area contributed by atoms with Gasteiger partial charge in [0.15, 0.2) is 0 Å². The molecule has 1 aromatic carbocycles. The average Bonchev–Trinajstić information content (AvgIpc) is 2.67. The molecule has 0 saturated heterocycles. The smallest absolute Gasteiger partial charge is 0.119 e. The first-order chi connectivity index (χ1) is 11.8. The molecule has 2 aliphatic carbocycles. The van der Waals surface area contributed by atoms with Crippen LogP contribution in [0.4, 0.5) is 5.69 Å². The van der Waals surface area contributed by atoms with Crippen LogP contribution in [0, 0.1) is 11.8 Å². The molecular weight excluding hydrogens is 298 g/mol. The Hall–Kier alpha value is -1.22. The topological polar surface area (TPSA) is 41.5 Å². The van der Waals surface area contributed by atoms with Crippen molar-refractivity contribution in [2.75, 3.05) is 12.4 Å². The highest BCUT2D eigenvalue weighted by molar-refractivity contribution is 5.47. The van der Waals surface area contributed by atoms with Gasteiger partial charge in [-0.25, -0.2) is 0 Å². The van der Waals surface area contributed by atoms with E-state index < -0.39 is 0 Å². The van der Waals surface area contributed by atoms with Gasteiger partial charge in [0.2, 0.25) is 0 Å². The van der Waals surface area contributed by atoms with E-state index in [-0.39, 0.29) is 12.1 Å². The van der Waals surface area contributed by atoms with Gasteiger partial charge in [-0.05, 0) is 61.8 Å². The monoisotopic (exact) mass is 331 g/mol. The van der Waals surface area contributed by atoms with Crippen molar-refractivity contribution in [3.63, 3.8) is 0 Å². The Morgan fingerprint density at radius 3 is 1.96 bits per heavy atom. The summed E-state index contributed by atoms with van der Waals surface area (Å²) in [5, 5.41) is 14.9. The van der Waals surface area contributed by atoms with E-state index in [4.69, 9.17) is 4.74 Å². The number of aliphatic hydroxyl groups is 1. The number of aliphatic hydroxyl groups excluding tert-OH is 1. The first kappa shape index (κ1) is 17.6. The summed E-state index contributed by atoms with van der Waals surface area (Å²) in [6.45, 7) is 0. The molecule has 2 fully saturated rings. The van der Waals surface area contributed by atoms with Gasteiger partial charge in [-0.3, -0.25) is 0 Å². The molecule has 0 aromatic heterocycles. The molecule has 24 heavy (non-hydrogen) atoms. The Balaban J connectivity index is 1.72. The fourth-order valence-electron chi connectivity index (χ4n) is 4.62. The molecular formula is C21H33NO2. The fourth-order valence-corrected chi connectivity index (χ4v) is 4.62. The standard InChI is InChI=1S/C21H33NO2/c1-24-19-14-12-18(13-15-19)22-20(16-8-4-2-5-9-16)21(23)17-10-6-3-7-11-17/h12-17,20-23H,2-11H2,1H3. The van der Waals surface area contributed by atoms with Crippen molar-refractivity contribution in [2.45, 2.75) is 76.4 Å². The summed E-state index contributed by atoms with van der Waals surface area (Å²) < 4.78 is 5.26. The Bertz CT molecular complexity index is 475. The lowest BCUT2D eigenvalue weighted by Crippen LogP contribution is -2.45. The summed E-state index contributed by atoms with van der Waals surface area (Å²) in [5.41, 5.74) is 1.10. The lowest BCUT2D eigenvalue weighted by atomic mass is 9.75. The van der Waals surface area contributed by atoms with E-state index in [1.807, 2.05) is 12.1 Å². The summed E-state index contributed by atoms with van der Waals surface area (Å²) in [6, 6.07) is 8.31. The molecule has 2 N–H and O–H groups in total. The first-order valence-electron chi connectivity index (χ1n) is 9.86. The second-order valence-corrected chi connectivity index (χ2v) is 7.69. The van der Waals surface area contributed by atoms with Gasteiger partial charge in [-0.1, -0.05) is 38.5 Å². The minimum absolute atomic E-state index is 0.182. The molecule has 0 aliphatic heterocycles. The van der Waals surface area contributed by atoms with Crippen LogP contribution in [0.3, 0.4) is 0 Å². The van der Waals surface area contributed by atoms with E-state index in [9.17, 15) is 5.11 Å². The molecule has 1 aromatic rings. The van der Waals surface area contributed by atoms with Gasteiger partial charge in [-0.2, -0.15) is 0 Å². The summed E-state index contributed by atoms with van der Waals surface area (Å²) in [6.07, 6.45) is 12.5. The maximum Gasteiger partial charge on any atom is 0.119 e. The van der Waals surface area contributed by atoms with Crippen LogP contribution in [0.15, 0.2) is 24.3 Å². The van der Waals surface area contributed by atoms with E-state index in [0.29, 0.717) is 11.8 Å². The van der Waals surface area contributed by atoms with Crippen LogP contribution < -0.4 is 10.1 Å². The first-order valence-corrected chi connectivity index (χ1v) is 9.86. The highest BCUT2D eigenvalue weighted by Crippen LogP contribution is 2.35. The summed E-state index contributed by atoms with van der Waals surface area (Å²) >= 11 is 0. The van der Waals surface area contributed by atoms with Crippen molar-refractivity contribution in [1.82, 2.24) is 0 Å². The van der Waals surface area contributed by atoms with Gasteiger partial charge < -0.3 is 15.2 Å². The summed E-state index contributed by atoms with van der Waals surface area (Å²) in [7, 11) is 1.69. The second kappa shape index (κ2) is 8.75. The van der Waals surface area contributed by atoms with Crippen molar-refractivity contribution in [3.8, 4) is 5.75 Å². The van der Waals surface area contributed by atoms with Crippen molar-refractivity contribution in [3.05, 3.63) is 24.3 Å². The van der Waals surface area contributed by atoms with Crippen molar-refractivity contribution >= 4 is 5.69 Å². The number of nitrogens with one attached hydrogen (secondary N) is 1. The quantitative estimate of drug-likeness (QED) is 0.771. The van der Waals surface area contributed by atoms with Gasteiger partial charge >= 0.3 is 0 Å². The molecule has 0 bridgehead atoms. The van der Waals surface area contributed by atoms with Crippen LogP contribution in [-0.4, -0.2) is 24.4 Å². The highest BCUT2D eigenvalue weighted by atomic mass is 16.5. The van der Waals surface area contributed by atoms with Gasteiger partial charge in [0.1, 0.15) is 5.75 Å². The third-order valence-corrected chi connectivity index (χ3v) is 6.08. The largest absolute Gasteiger partial charge is 0.497 e. The number of hydrogen-bond acceptors (Lipinski definition) is 3. The summed E-state index contributed by atoms with van der Waals surface area (Å²) in [5.74, 6) is 1.94. The number of methoxy groups -OCH3 is 1. The number of rotatable bonds is 6. The van der Waals surface area contributed by atoms with Crippen LogP contribution in [0.5, 0.6) is 5.75 Å². The second-order valence-electron chi connectivity index (χ2n) is 7.69. The minimum Gasteiger partial charge on any atom is -0.497 e. The molecule has 3 heteroatoms. The van der Waals surface area contributed by atoms with Crippen LogP contribution in [-0.2, 0) is 0 Å². The molecule has 0 amide bonds.